The van der Waals surface area contributed by atoms with Crippen LogP contribution in [0.4, 0.5) is 5.69 Å². The van der Waals surface area contributed by atoms with Crippen molar-refractivity contribution >= 4 is 22.4 Å². The maximum absolute atomic E-state index is 12.1. The lowest BCUT2D eigenvalue weighted by atomic mass is 9.95. The van der Waals surface area contributed by atoms with Crippen molar-refractivity contribution < 1.29 is 4.79 Å². The van der Waals surface area contributed by atoms with Crippen molar-refractivity contribution in [2.24, 2.45) is 5.73 Å². The van der Waals surface area contributed by atoms with E-state index in [1.807, 2.05) is 25.2 Å². The third kappa shape index (κ3) is 1.05. The van der Waals surface area contributed by atoms with Crippen LogP contribution >= 0.6 is 0 Å². The van der Waals surface area contributed by atoms with E-state index in [2.05, 4.69) is 12.1 Å². The molecule has 1 aliphatic carbocycles. The molecule has 2 N–H and O–H groups in total. The molecule has 0 atom stereocenters. The lowest BCUT2D eigenvalue weighted by Gasteiger charge is -2.15. The summed E-state index contributed by atoms with van der Waals surface area (Å²) in [5, 5.41) is 2.21. The number of carbonyl (C=O) groups is 1. The van der Waals surface area contributed by atoms with Crippen LogP contribution < -0.4 is 10.6 Å². The first-order valence-corrected chi connectivity index (χ1v) is 6.25. The van der Waals surface area contributed by atoms with Gasteiger partial charge in [-0.3, -0.25) is 4.79 Å². The van der Waals surface area contributed by atoms with Crippen LogP contribution in [0.1, 0.15) is 28.8 Å². The summed E-state index contributed by atoms with van der Waals surface area (Å²) in [7, 11) is 1.83. The Bertz CT molecular complexity index is 701. The molecule has 0 radical (unpaired) electrons. The maximum Gasteiger partial charge on any atom is 0.258 e. The second kappa shape index (κ2) is 2.93. The highest BCUT2D eigenvalue weighted by molar-refractivity contribution is 6.25. The highest BCUT2D eigenvalue weighted by atomic mass is 16.2. The highest BCUT2D eigenvalue weighted by Gasteiger charge is 2.42. The van der Waals surface area contributed by atoms with Crippen molar-refractivity contribution in [3.63, 3.8) is 0 Å². The lowest BCUT2D eigenvalue weighted by Crippen LogP contribution is -2.21. The predicted molar refractivity (Wildman–Crippen MR) is 71.8 cm³/mol. The minimum Gasteiger partial charge on any atom is -0.321 e. The fourth-order valence-electron chi connectivity index (χ4n) is 2.97. The molecule has 1 aliphatic heterocycles. The van der Waals surface area contributed by atoms with Gasteiger partial charge in [-0.25, -0.2) is 0 Å². The summed E-state index contributed by atoms with van der Waals surface area (Å²) in [5.74, 6) is 0.0784. The fraction of sp³-hybridized carbons (Fsp3) is 0.267. The van der Waals surface area contributed by atoms with Crippen LogP contribution in [0.5, 0.6) is 0 Å². The molecule has 90 valence electrons. The van der Waals surface area contributed by atoms with E-state index in [1.165, 1.54) is 5.56 Å². The number of rotatable bonds is 1. The molecule has 2 aliphatic rings. The van der Waals surface area contributed by atoms with Crippen LogP contribution in [-0.4, -0.2) is 13.0 Å². The number of anilines is 1. The number of nitrogens with zero attached hydrogens (tertiary/aromatic N) is 1. The molecular formula is C15H14N2O. The summed E-state index contributed by atoms with van der Waals surface area (Å²) in [6.45, 7) is 0. The molecule has 1 heterocycles. The number of hydrogen-bond donors (Lipinski definition) is 1. The number of hydrogen-bond acceptors (Lipinski definition) is 2. The zero-order chi connectivity index (χ0) is 12.5. The summed E-state index contributed by atoms with van der Waals surface area (Å²) in [4.78, 5) is 13.9. The van der Waals surface area contributed by atoms with Gasteiger partial charge in [-0.15, -0.1) is 0 Å². The van der Waals surface area contributed by atoms with Crippen molar-refractivity contribution in [3.05, 3.63) is 41.5 Å². The van der Waals surface area contributed by atoms with Gasteiger partial charge in [-0.1, -0.05) is 18.2 Å². The Hall–Kier alpha value is -1.87. The normalized spacial score (nSPS) is 19.7. The molecule has 4 rings (SSSR count). The third-order valence-corrected chi connectivity index (χ3v) is 4.24. The molecule has 2 aromatic carbocycles. The first-order valence-electron chi connectivity index (χ1n) is 6.25. The topological polar surface area (TPSA) is 46.3 Å². The van der Waals surface area contributed by atoms with Crippen molar-refractivity contribution in [1.82, 2.24) is 0 Å². The molecule has 0 aromatic heterocycles. The van der Waals surface area contributed by atoms with Gasteiger partial charge < -0.3 is 10.6 Å². The fourth-order valence-corrected chi connectivity index (χ4v) is 2.97. The SMILES string of the molecule is CN1C(=O)c2cccc3c(C4(N)CC4)ccc1c23. The van der Waals surface area contributed by atoms with Crippen molar-refractivity contribution in [3.8, 4) is 0 Å². The molecule has 0 spiro atoms. The molecule has 0 saturated heterocycles. The second-order valence-corrected chi connectivity index (χ2v) is 5.38. The lowest BCUT2D eigenvalue weighted by molar-refractivity contribution is 0.0999. The van der Waals surface area contributed by atoms with Gasteiger partial charge in [-0.2, -0.15) is 0 Å². The Kier molecular flexibility index (Phi) is 1.64. The van der Waals surface area contributed by atoms with Crippen LogP contribution in [0.15, 0.2) is 30.3 Å². The zero-order valence-corrected chi connectivity index (χ0v) is 10.2. The first kappa shape index (κ1) is 10.1. The Morgan fingerprint density at radius 1 is 1.22 bits per heavy atom. The van der Waals surface area contributed by atoms with Gasteiger partial charge in [0, 0.05) is 23.5 Å². The average Bonchev–Trinajstić information content (AvgIpc) is 3.08. The molecule has 2 aromatic rings. The van der Waals surface area contributed by atoms with Crippen molar-refractivity contribution in [2.75, 3.05) is 11.9 Å². The van der Waals surface area contributed by atoms with E-state index in [4.69, 9.17) is 5.73 Å². The Labute approximate surface area is 105 Å². The van der Waals surface area contributed by atoms with Gasteiger partial charge in [-0.05, 0) is 35.9 Å². The standard InChI is InChI=1S/C15H14N2O/c1-17-12-6-5-11(15(16)7-8-15)9-3-2-4-10(13(9)12)14(17)18/h2-6H,7-8,16H2,1H3. The highest BCUT2D eigenvalue weighted by Crippen LogP contribution is 2.48. The summed E-state index contributed by atoms with van der Waals surface area (Å²) in [6.07, 6.45) is 2.07. The van der Waals surface area contributed by atoms with E-state index >= 15 is 0 Å². The number of carbonyl (C=O) groups excluding carboxylic acids is 1. The quantitative estimate of drug-likeness (QED) is 0.829. The maximum atomic E-state index is 12.1. The van der Waals surface area contributed by atoms with E-state index in [0.29, 0.717) is 0 Å². The van der Waals surface area contributed by atoms with Crippen LogP contribution in [0, 0.1) is 0 Å². The molecule has 0 bridgehead atoms. The molecule has 3 heteroatoms. The average molecular weight is 238 g/mol. The van der Waals surface area contributed by atoms with Crippen molar-refractivity contribution in [2.45, 2.75) is 18.4 Å². The van der Waals surface area contributed by atoms with Gasteiger partial charge >= 0.3 is 0 Å². The molecule has 1 saturated carbocycles. The molecule has 18 heavy (non-hydrogen) atoms. The van der Waals surface area contributed by atoms with Gasteiger partial charge in [0.05, 0.1) is 5.69 Å². The van der Waals surface area contributed by atoms with E-state index in [9.17, 15) is 4.79 Å². The third-order valence-electron chi connectivity index (χ3n) is 4.24. The first-order chi connectivity index (χ1) is 8.62. The molecule has 3 nitrogen and oxygen atoms in total. The Morgan fingerprint density at radius 2 is 2.00 bits per heavy atom. The molecular weight excluding hydrogens is 224 g/mol. The predicted octanol–water partition coefficient (Wildman–Crippen LogP) is 2.38. The number of amides is 1. The monoisotopic (exact) mass is 238 g/mol. The second-order valence-electron chi connectivity index (χ2n) is 5.38. The summed E-state index contributed by atoms with van der Waals surface area (Å²) in [6, 6.07) is 10.0. The molecule has 1 amide bonds. The van der Waals surface area contributed by atoms with Gasteiger partial charge in [0.25, 0.3) is 5.91 Å². The van der Waals surface area contributed by atoms with E-state index in [0.717, 1.165) is 34.9 Å². The van der Waals surface area contributed by atoms with Crippen molar-refractivity contribution in [1.29, 1.82) is 0 Å². The van der Waals surface area contributed by atoms with Crippen LogP contribution in [0.3, 0.4) is 0 Å². The summed E-state index contributed by atoms with van der Waals surface area (Å²) >= 11 is 0. The molecule has 1 fully saturated rings. The van der Waals surface area contributed by atoms with E-state index < -0.39 is 0 Å². The van der Waals surface area contributed by atoms with Crippen LogP contribution in [-0.2, 0) is 5.54 Å². The Morgan fingerprint density at radius 3 is 2.72 bits per heavy atom. The van der Waals surface area contributed by atoms with Gasteiger partial charge in [0.1, 0.15) is 0 Å². The van der Waals surface area contributed by atoms with Gasteiger partial charge in [0.2, 0.25) is 0 Å². The summed E-state index contributed by atoms with van der Waals surface area (Å²) in [5.41, 5.74) is 9.15. The van der Waals surface area contributed by atoms with Crippen LogP contribution in [0.2, 0.25) is 0 Å². The van der Waals surface area contributed by atoms with E-state index in [-0.39, 0.29) is 11.4 Å². The smallest absolute Gasteiger partial charge is 0.258 e. The number of benzene rings is 2. The van der Waals surface area contributed by atoms with Gasteiger partial charge in [0.15, 0.2) is 0 Å². The van der Waals surface area contributed by atoms with E-state index in [1.54, 1.807) is 4.90 Å². The largest absolute Gasteiger partial charge is 0.321 e. The minimum absolute atomic E-state index is 0.0784. The van der Waals surface area contributed by atoms with Crippen LogP contribution in [0.25, 0.3) is 10.8 Å². The Balaban J connectivity index is 2.14. The zero-order valence-electron chi connectivity index (χ0n) is 10.2. The minimum atomic E-state index is -0.165. The summed E-state index contributed by atoms with van der Waals surface area (Å²) < 4.78 is 0. The molecule has 0 unspecified atom stereocenters. The number of nitrogens with two attached hydrogens (primary N) is 1.